The van der Waals surface area contributed by atoms with Gasteiger partial charge in [0.2, 0.25) is 0 Å². The number of hydrogen-bond acceptors (Lipinski definition) is 2. The highest BCUT2D eigenvalue weighted by Gasteiger charge is 2.15. The van der Waals surface area contributed by atoms with Crippen molar-refractivity contribution in [2.75, 3.05) is 0 Å². The molecule has 72 valence electrons. The van der Waals surface area contributed by atoms with Crippen LogP contribution in [0.1, 0.15) is 52.9 Å². The molecule has 0 aromatic heterocycles. The Morgan fingerprint density at radius 1 is 1.33 bits per heavy atom. The summed E-state index contributed by atoms with van der Waals surface area (Å²) in [4.78, 5) is 11.3. The van der Waals surface area contributed by atoms with Gasteiger partial charge in [-0.25, -0.2) is 0 Å². The first-order valence-electron chi connectivity index (χ1n) is 4.76. The first kappa shape index (κ1) is 11.6. The van der Waals surface area contributed by atoms with E-state index in [0.717, 1.165) is 12.8 Å². The van der Waals surface area contributed by atoms with Gasteiger partial charge in [0.25, 0.3) is 0 Å². The number of unbranched alkanes of at least 4 members (excludes halogenated alkanes) is 2. The molecule has 0 saturated heterocycles. The summed E-state index contributed by atoms with van der Waals surface area (Å²) in [5, 5.41) is 0. The second-order valence-corrected chi connectivity index (χ2v) is 4.16. The number of nitrogens with two attached hydrogens (primary N) is 1. The van der Waals surface area contributed by atoms with E-state index < -0.39 is 0 Å². The molecule has 2 nitrogen and oxygen atoms in total. The Bertz CT molecular complexity index is 135. The molecule has 0 amide bonds. The third-order valence-electron chi connectivity index (χ3n) is 1.71. The van der Waals surface area contributed by atoms with Crippen molar-refractivity contribution >= 4 is 5.78 Å². The summed E-state index contributed by atoms with van der Waals surface area (Å²) in [6.07, 6.45) is 4.55. The van der Waals surface area contributed by atoms with E-state index in [9.17, 15) is 4.79 Å². The lowest BCUT2D eigenvalue weighted by Gasteiger charge is -2.16. The molecule has 0 heterocycles. The number of ketones is 1. The lowest BCUT2D eigenvalue weighted by molar-refractivity contribution is -0.120. The zero-order valence-corrected chi connectivity index (χ0v) is 8.52. The van der Waals surface area contributed by atoms with Gasteiger partial charge in [0.15, 0.2) is 0 Å². The van der Waals surface area contributed by atoms with E-state index in [4.69, 9.17) is 5.73 Å². The van der Waals surface area contributed by atoms with E-state index in [1.807, 2.05) is 13.8 Å². The fourth-order valence-electron chi connectivity index (χ4n) is 1.17. The van der Waals surface area contributed by atoms with Crippen LogP contribution in [0.25, 0.3) is 0 Å². The molecule has 12 heavy (non-hydrogen) atoms. The third-order valence-corrected chi connectivity index (χ3v) is 1.71. The molecule has 0 bridgehead atoms. The van der Waals surface area contributed by atoms with Gasteiger partial charge in [0.1, 0.15) is 5.78 Å². The minimum atomic E-state index is -0.330. The second kappa shape index (κ2) is 5.31. The van der Waals surface area contributed by atoms with Crippen LogP contribution in [0.15, 0.2) is 0 Å². The fourth-order valence-corrected chi connectivity index (χ4v) is 1.17. The van der Waals surface area contributed by atoms with Crippen LogP contribution in [0.2, 0.25) is 0 Å². The zero-order chi connectivity index (χ0) is 9.61. The van der Waals surface area contributed by atoms with Crippen molar-refractivity contribution in [1.82, 2.24) is 0 Å². The van der Waals surface area contributed by atoms with Crippen LogP contribution < -0.4 is 5.73 Å². The molecule has 0 rings (SSSR count). The molecule has 0 aromatic rings. The minimum absolute atomic E-state index is 0.302. The molecule has 0 unspecified atom stereocenters. The number of hydrogen-bond donors (Lipinski definition) is 1. The SMILES string of the molecule is CCCCCC(=O)CC(C)(C)N. The smallest absolute Gasteiger partial charge is 0.134 e. The van der Waals surface area contributed by atoms with Crippen molar-refractivity contribution in [2.45, 2.75) is 58.4 Å². The maximum Gasteiger partial charge on any atom is 0.134 e. The highest BCUT2D eigenvalue weighted by molar-refractivity contribution is 5.79. The first-order valence-corrected chi connectivity index (χ1v) is 4.76. The largest absolute Gasteiger partial charge is 0.325 e. The fraction of sp³-hybridized carbons (Fsp3) is 0.900. The molecule has 0 aliphatic heterocycles. The van der Waals surface area contributed by atoms with Crippen molar-refractivity contribution in [1.29, 1.82) is 0 Å². The van der Waals surface area contributed by atoms with E-state index in [1.54, 1.807) is 0 Å². The van der Waals surface area contributed by atoms with Crippen LogP contribution in [0.4, 0.5) is 0 Å². The summed E-state index contributed by atoms with van der Waals surface area (Å²) in [6, 6.07) is 0. The van der Waals surface area contributed by atoms with Gasteiger partial charge in [-0.1, -0.05) is 19.8 Å². The van der Waals surface area contributed by atoms with Crippen molar-refractivity contribution in [3.8, 4) is 0 Å². The van der Waals surface area contributed by atoms with Gasteiger partial charge in [-0.15, -0.1) is 0 Å². The average molecular weight is 171 g/mol. The highest BCUT2D eigenvalue weighted by atomic mass is 16.1. The molecule has 0 radical (unpaired) electrons. The normalized spacial score (nSPS) is 11.7. The lowest BCUT2D eigenvalue weighted by Crippen LogP contribution is -2.34. The van der Waals surface area contributed by atoms with E-state index in [1.165, 1.54) is 6.42 Å². The van der Waals surface area contributed by atoms with Gasteiger partial charge < -0.3 is 5.73 Å². The molecule has 2 heteroatoms. The van der Waals surface area contributed by atoms with Crippen LogP contribution in [-0.2, 0) is 4.79 Å². The summed E-state index contributed by atoms with van der Waals surface area (Å²) in [6.45, 7) is 5.92. The van der Waals surface area contributed by atoms with Crippen LogP contribution in [0, 0.1) is 0 Å². The summed E-state index contributed by atoms with van der Waals surface area (Å²) in [5.74, 6) is 0.302. The predicted molar refractivity (Wildman–Crippen MR) is 52.0 cm³/mol. The maximum absolute atomic E-state index is 11.3. The average Bonchev–Trinajstić information content (AvgIpc) is 1.84. The minimum Gasteiger partial charge on any atom is -0.325 e. The Morgan fingerprint density at radius 2 is 1.92 bits per heavy atom. The van der Waals surface area contributed by atoms with E-state index >= 15 is 0 Å². The van der Waals surface area contributed by atoms with Gasteiger partial charge in [0, 0.05) is 18.4 Å². The van der Waals surface area contributed by atoms with Crippen molar-refractivity contribution in [3.05, 3.63) is 0 Å². The van der Waals surface area contributed by atoms with E-state index in [2.05, 4.69) is 6.92 Å². The summed E-state index contributed by atoms with van der Waals surface area (Å²) >= 11 is 0. The molecule has 0 spiro atoms. The predicted octanol–water partition coefficient (Wildman–Crippen LogP) is 2.26. The van der Waals surface area contributed by atoms with E-state index in [0.29, 0.717) is 18.6 Å². The molecule has 0 aliphatic carbocycles. The van der Waals surface area contributed by atoms with Gasteiger partial charge >= 0.3 is 0 Å². The summed E-state index contributed by atoms with van der Waals surface area (Å²) < 4.78 is 0. The Hall–Kier alpha value is -0.370. The molecule has 0 aromatic carbocycles. The molecular weight excluding hydrogens is 150 g/mol. The number of carbonyl (C=O) groups is 1. The number of rotatable bonds is 6. The molecule has 0 fully saturated rings. The Kier molecular flexibility index (Phi) is 5.14. The maximum atomic E-state index is 11.3. The second-order valence-electron chi connectivity index (χ2n) is 4.16. The highest BCUT2D eigenvalue weighted by Crippen LogP contribution is 2.08. The molecule has 0 aliphatic rings. The standard InChI is InChI=1S/C10H21NO/c1-4-5-6-7-9(12)8-10(2,3)11/h4-8,11H2,1-3H3. The van der Waals surface area contributed by atoms with Gasteiger partial charge in [-0.2, -0.15) is 0 Å². The summed E-state index contributed by atoms with van der Waals surface area (Å²) in [7, 11) is 0. The monoisotopic (exact) mass is 171 g/mol. The Labute approximate surface area is 75.5 Å². The Morgan fingerprint density at radius 3 is 2.33 bits per heavy atom. The third kappa shape index (κ3) is 7.73. The first-order chi connectivity index (χ1) is 5.45. The van der Waals surface area contributed by atoms with E-state index in [-0.39, 0.29) is 5.54 Å². The quantitative estimate of drug-likeness (QED) is 0.623. The van der Waals surface area contributed by atoms with Gasteiger partial charge in [0.05, 0.1) is 0 Å². The molecular formula is C10H21NO. The molecule has 0 atom stereocenters. The van der Waals surface area contributed by atoms with Crippen molar-refractivity contribution < 1.29 is 4.79 Å². The number of carbonyl (C=O) groups excluding carboxylic acids is 1. The van der Waals surface area contributed by atoms with Crippen LogP contribution in [-0.4, -0.2) is 11.3 Å². The van der Waals surface area contributed by atoms with Crippen molar-refractivity contribution in [2.24, 2.45) is 5.73 Å². The van der Waals surface area contributed by atoms with Gasteiger partial charge in [-0.05, 0) is 20.3 Å². The molecule has 0 saturated carbocycles. The molecule has 2 N–H and O–H groups in total. The van der Waals surface area contributed by atoms with Crippen molar-refractivity contribution in [3.63, 3.8) is 0 Å². The summed E-state index contributed by atoms with van der Waals surface area (Å²) in [5.41, 5.74) is 5.39. The van der Waals surface area contributed by atoms with Gasteiger partial charge in [-0.3, -0.25) is 4.79 Å². The lowest BCUT2D eigenvalue weighted by atomic mass is 9.96. The Balaban J connectivity index is 3.47. The van der Waals surface area contributed by atoms with Crippen LogP contribution in [0.3, 0.4) is 0 Å². The number of Topliss-reactive ketones (excluding diaryl/α,β-unsaturated/α-hetero) is 1. The van der Waals surface area contributed by atoms with Crippen LogP contribution in [0.5, 0.6) is 0 Å². The zero-order valence-electron chi connectivity index (χ0n) is 8.52. The van der Waals surface area contributed by atoms with Crippen LogP contribution >= 0.6 is 0 Å². The topological polar surface area (TPSA) is 43.1 Å².